The molecule has 0 amide bonds. The van der Waals surface area contributed by atoms with E-state index in [1.807, 2.05) is 0 Å². The fraction of sp³-hybridized carbons (Fsp3) is 0.200. The van der Waals surface area contributed by atoms with E-state index in [2.05, 4.69) is 10.1 Å². The Hall–Kier alpha value is -1.89. The van der Waals surface area contributed by atoms with Gasteiger partial charge in [0.05, 0.1) is 18.5 Å². The number of hydrogen-bond acceptors (Lipinski definition) is 3. The van der Waals surface area contributed by atoms with Crippen LogP contribution in [-0.2, 0) is 12.8 Å². The molecule has 1 N–H and O–H groups in total. The summed E-state index contributed by atoms with van der Waals surface area (Å²) >= 11 is 0. The minimum Gasteiger partial charge on any atom is -0.392 e. The lowest BCUT2D eigenvalue weighted by Crippen LogP contribution is -2.08. The average Bonchev–Trinajstić information content (AvgIpc) is 2.77. The van der Waals surface area contributed by atoms with Gasteiger partial charge in [0.25, 0.3) is 0 Å². The van der Waals surface area contributed by atoms with Crippen molar-refractivity contribution in [3.63, 3.8) is 0 Å². The zero-order valence-corrected chi connectivity index (χ0v) is 8.52. The summed E-state index contributed by atoms with van der Waals surface area (Å²) in [6.45, 7) is -0.293. The Labute approximate surface area is 94.3 Å². The first kappa shape index (κ1) is 11.6. The first-order valence-electron chi connectivity index (χ1n) is 4.69. The van der Waals surface area contributed by atoms with Gasteiger partial charge in [-0.2, -0.15) is 18.3 Å². The van der Waals surface area contributed by atoms with Gasteiger partial charge in [-0.25, -0.2) is 4.68 Å². The Morgan fingerprint density at radius 3 is 2.65 bits per heavy atom. The molecule has 0 spiro atoms. The van der Waals surface area contributed by atoms with Crippen LogP contribution in [0.2, 0.25) is 0 Å². The lowest BCUT2D eigenvalue weighted by Gasteiger charge is -2.06. The van der Waals surface area contributed by atoms with E-state index in [1.54, 1.807) is 0 Å². The maximum Gasteiger partial charge on any atom is 0.435 e. The predicted molar refractivity (Wildman–Crippen MR) is 52.3 cm³/mol. The van der Waals surface area contributed by atoms with Crippen molar-refractivity contribution in [3.05, 3.63) is 42.0 Å². The summed E-state index contributed by atoms with van der Waals surface area (Å²) in [5.41, 5.74) is -0.201. The van der Waals surface area contributed by atoms with Crippen LogP contribution >= 0.6 is 0 Å². The van der Waals surface area contributed by atoms with Crippen molar-refractivity contribution in [2.24, 2.45) is 0 Å². The van der Waals surface area contributed by atoms with Gasteiger partial charge in [-0.05, 0) is 12.1 Å². The molecule has 0 aliphatic heterocycles. The maximum atomic E-state index is 12.4. The zero-order chi connectivity index (χ0) is 12.5. The van der Waals surface area contributed by atoms with Crippen LogP contribution in [0.15, 0.2) is 30.7 Å². The topological polar surface area (TPSA) is 50.9 Å². The van der Waals surface area contributed by atoms with Gasteiger partial charge < -0.3 is 5.11 Å². The van der Waals surface area contributed by atoms with Gasteiger partial charge >= 0.3 is 6.18 Å². The van der Waals surface area contributed by atoms with Crippen LogP contribution in [0.3, 0.4) is 0 Å². The molecule has 0 bridgehead atoms. The molecule has 2 aromatic rings. The predicted octanol–water partition coefficient (Wildman–Crippen LogP) is 1.78. The van der Waals surface area contributed by atoms with Gasteiger partial charge in [-0.3, -0.25) is 4.98 Å². The molecule has 17 heavy (non-hydrogen) atoms. The van der Waals surface area contributed by atoms with Gasteiger partial charge in [0, 0.05) is 18.0 Å². The first-order chi connectivity index (χ1) is 8.02. The number of alkyl halides is 3. The Morgan fingerprint density at radius 1 is 1.29 bits per heavy atom. The van der Waals surface area contributed by atoms with Crippen molar-refractivity contribution in [1.82, 2.24) is 14.8 Å². The summed E-state index contributed by atoms with van der Waals surface area (Å²) in [5.74, 6) is 0. The number of aliphatic hydroxyl groups excluding tert-OH is 1. The summed E-state index contributed by atoms with van der Waals surface area (Å²) < 4.78 is 38.1. The largest absolute Gasteiger partial charge is 0.435 e. The number of hydrogen-bond donors (Lipinski definition) is 1. The maximum absolute atomic E-state index is 12.4. The molecule has 0 aliphatic carbocycles. The van der Waals surface area contributed by atoms with Crippen molar-refractivity contribution < 1.29 is 18.3 Å². The molecular weight excluding hydrogens is 235 g/mol. The number of aliphatic hydroxyl groups is 1. The molecule has 2 heterocycles. The molecule has 0 saturated carbocycles. The van der Waals surface area contributed by atoms with Crippen LogP contribution in [0.5, 0.6) is 0 Å². The van der Waals surface area contributed by atoms with Crippen LogP contribution in [0.1, 0.15) is 11.3 Å². The van der Waals surface area contributed by atoms with E-state index in [4.69, 9.17) is 5.11 Å². The van der Waals surface area contributed by atoms with Crippen LogP contribution in [0, 0.1) is 0 Å². The van der Waals surface area contributed by atoms with Crippen molar-refractivity contribution in [2.45, 2.75) is 12.8 Å². The second-order valence-electron chi connectivity index (χ2n) is 3.31. The quantitative estimate of drug-likeness (QED) is 0.874. The number of nitrogens with zero attached hydrogens (tertiary/aromatic N) is 3. The molecule has 0 atom stereocenters. The van der Waals surface area contributed by atoms with E-state index in [1.165, 1.54) is 24.7 Å². The summed E-state index contributed by atoms with van der Waals surface area (Å²) in [6.07, 6.45) is -0.506. The third kappa shape index (κ3) is 2.28. The van der Waals surface area contributed by atoms with Gasteiger partial charge in [0.15, 0.2) is 5.69 Å². The summed E-state index contributed by atoms with van der Waals surface area (Å²) in [6, 6.07) is 2.39. The second-order valence-corrected chi connectivity index (χ2v) is 3.31. The minimum absolute atomic E-state index is 0.293. The molecular formula is C10H8F3N3O. The normalized spacial score (nSPS) is 11.8. The molecule has 2 aromatic heterocycles. The van der Waals surface area contributed by atoms with E-state index in [0.717, 1.165) is 10.7 Å². The third-order valence-electron chi connectivity index (χ3n) is 2.18. The molecule has 0 unspecified atom stereocenters. The molecule has 2 rings (SSSR count). The number of aromatic nitrogens is 3. The Kier molecular flexibility index (Phi) is 2.84. The Morgan fingerprint density at radius 2 is 2.06 bits per heavy atom. The second kappa shape index (κ2) is 4.17. The smallest absolute Gasteiger partial charge is 0.392 e. The SMILES string of the molecule is OCc1ccncc1-n1ccc(C(F)(F)F)n1. The highest BCUT2D eigenvalue weighted by molar-refractivity contribution is 5.37. The fourth-order valence-corrected chi connectivity index (χ4v) is 1.36. The summed E-state index contributed by atoms with van der Waals surface area (Å²) in [4.78, 5) is 3.79. The summed E-state index contributed by atoms with van der Waals surface area (Å²) in [7, 11) is 0. The van der Waals surface area contributed by atoms with Crippen LogP contribution < -0.4 is 0 Å². The fourth-order valence-electron chi connectivity index (χ4n) is 1.36. The third-order valence-corrected chi connectivity index (χ3v) is 2.18. The number of pyridine rings is 1. The molecule has 0 aromatic carbocycles. The van der Waals surface area contributed by atoms with Crippen molar-refractivity contribution in [2.75, 3.05) is 0 Å². The van der Waals surface area contributed by atoms with Gasteiger partial charge in [-0.15, -0.1) is 0 Å². The Balaban J connectivity index is 2.44. The minimum atomic E-state index is -4.48. The van der Waals surface area contributed by atoms with E-state index in [0.29, 0.717) is 11.3 Å². The van der Waals surface area contributed by atoms with Crippen molar-refractivity contribution in [1.29, 1.82) is 0 Å². The molecule has 90 valence electrons. The number of halogens is 3. The van der Waals surface area contributed by atoms with E-state index < -0.39 is 11.9 Å². The highest BCUT2D eigenvalue weighted by Gasteiger charge is 2.33. The molecule has 0 fully saturated rings. The first-order valence-corrected chi connectivity index (χ1v) is 4.69. The van der Waals surface area contributed by atoms with Gasteiger partial charge in [-0.1, -0.05) is 0 Å². The van der Waals surface area contributed by atoms with Crippen LogP contribution in [0.4, 0.5) is 13.2 Å². The zero-order valence-electron chi connectivity index (χ0n) is 8.52. The molecule has 7 heteroatoms. The Bertz CT molecular complexity index is 522. The van der Waals surface area contributed by atoms with Crippen molar-refractivity contribution in [3.8, 4) is 5.69 Å². The molecule has 4 nitrogen and oxygen atoms in total. The monoisotopic (exact) mass is 243 g/mol. The lowest BCUT2D eigenvalue weighted by atomic mass is 10.2. The lowest BCUT2D eigenvalue weighted by molar-refractivity contribution is -0.141. The van der Waals surface area contributed by atoms with E-state index in [9.17, 15) is 13.2 Å². The molecule has 0 aliphatic rings. The molecule has 0 saturated heterocycles. The molecule has 0 radical (unpaired) electrons. The van der Waals surface area contributed by atoms with Gasteiger partial charge in [0.2, 0.25) is 0 Å². The van der Waals surface area contributed by atoms with E-state index >= 15 is 0 Å². The summed E-state index contributed by atoms with van der Waals surface area (Å²) in [5, 5.41) is 12.5. The standard InChI is InChI=1S/C10H8F3N3O/c11-10(12,13)9-2-4-16(15-9)8-5-14-3-1-7(8)6-17/h1-5,17H,6H2. The van der Waals surface area contributed by atoms with Crippen LogP contribution in [-0.4, -0.2) is 19.9 Å². The van der Waals surface area contributed by atoms with E-state index in [-0.39, 0.29) is 6.61 Å². The van der Waals surface area contributed by atoms with Crippen molar-refractivity contribution >= 4 is 0 Å². The van der Waals surface area contributed by atoms with Gasteiger partial charge in [0.1, 0.15) is 0 Å². The average molecular weight is 243 g/mol. The van der Waals surface area contributed by atoms with Crippen LogP contribution in [0.25, 0.3) is 5.69 Å². The highest BCUT2D eigenvalue weighted by Crippen LogP contribution is 2.28. The highest BCUT2D eigenvalue weighted by atomic mass is 19.4. The number of rotatable bonds is 2.